The molecule has 2 N–H and O–H groups in total. The van der Waals surface area contributed by atoms with Crippen molar-refractivity contribution in [1.29, 1.82) is 0 Å². The third kappa shape index (κ3) is 3.16. The molecule has 1 aromatic heterocycles. The molecular weight excluding hydrogens is 261 g/mol. The Morgan fingerprint density at radius 3 is 2.74 bits per heavy atom. The molecule has 0 aliphatic heterocycles. The number of halogens is 1. The molecule has 1 atom stereocenters. The highest BCUT2D eigenvalue weighted by atomic mass is 32.1. The highest BCUT2D eigenvalue weighted by molar-refractivity contribution is 7.05. The minimum Gasteiger partial charge on any atom is -0.323 e. The summed E-state index contributed by atoms with van der Waals surface area (Å²) < 4.78 is 17.1. The van der Waals surface area contributed by atoms with E-state index in [1.807, 2.05) is 6.92 Å². The van der Waals surface area contributed by atoms with Crippen LogP contribution in [0.1, 0.15) is 47.5 Å². The van der Waals surface area contributed by atoms with Crippen LogP contribution in [0.15, 0.2) is 18.2 Å². The molecule has 1 unspecified atom stereocenters. The van der Waals surface area contributed by atoms with Gasteiger partial charge in [-0.3, -0.25) is 0 Å². The molecule has 0 saturated carbocycles. The van der Waals surface area contributed by atoms with E-state index in [4.69, 9.17) is 5.73 Å². The number of benzene rings is 1. The van der Waals surface area contributed by atoms with Gasteiger partial charge in [-0.15, -0.1) is 5.10 Å². The topological polar surface area (TPSA) is 51.8 Å². The maximum atomic E-state index is 13.1. The largest absolute Gasteiger partial charge is 0.323 e. The second kappa shape index (κ2) is 5.75. The second-order valence-corrected chi connectivity index (χ2v) is 5.84. The zero-order chi connectivity index (χ0) is 14.0. The molecule has 0 aliphatic rings. The molecule has 2 aromatic rings. The molecule has 0 saturated heterocycles. The van der Waals surface area contributed by atoms with E-state index >= 15 is 0 Å². The number of rotatable bonds is 4. The van der Waals surface area contributed by atoms with E-state index in [2.05, 4.69) is 23.4 Å². The Morgan fingerprint density at radius 2 is 2.11 bits per heavy atom. The summed E-state index contributed by atoms with van der Waals surface area (Å²) in [4.78, 5) is 1.03. The maximum Gasteiger partial charge on any atom is 0.123 e. The summed E-state index contributed by atoms with van der Waals surface area (Å²) in [6.45, 7) is 6.06. The summed E-state index contributed by atoms with van der Waals surface area (Å²) >= 11 is 1.35. The monoisotopic (exact) mass is 279 g/mol. The summed E-state index contributed by atoms with van der Waals surface area (Å²) in [5.74, 6) is 0.103. The third-order valence-electron chi connectivity index (χ3n) is 3.17. The standard InChI is InChI=1S/C14H18FN3S/c1-8(2)13-14(19-18-17-13)12(16)7-10-4-5-11(15)6-9(10)3/h4-6,8,12H,7,16H2,1-3H3. The van der Waals surface area contributed by atoms with Crippen molar-refractivity contribution in [1.82, 2.24) is 9.59 Å². The third-order valence-corrected chi connectivity index (χ3v) is 4.04. The fourth-order valence-electron chi connectivity index (χ4n) is 2.08. The summed E-state index contributed by atoms with van der Waals surface area (Å²) in [5, 5.41) is 4.14. The van der Waals surface area contributed by atoms with Crippen LogP contribution in [0.3, 0.4) is 0 Å². The van der Waals surface area contributed by atoms with E-state index in [9.17, 15) is 4.39 Å². The molecule has 0 aliphatic carbocycles. The predicted molar refractivity (Wildman–Crippen MR) is 75.8 cm³/mol. The van der Waals surface area contributed by atoms with Gasteiger partial charge in [0.05, 0.1) is 10.6 Å². The minimum atomic E-state index is -0.211. The molecule has 0 radical (unpaired) electrons. The van der Waals surface area contributed by atoms with Gasteiger partial charge in [0.25, 0.3) is 0 Å². The van der Waals surface area contributed by atoms with Crippen LogP contribution in [-0.2, 0) is 6.42 Å². The van der Waals surface area contributed by atoms with Crippen LogP contribution in [0.5, 0.6) is 0 Å². The Kier molecular flexibility index (Phi) is 4.27. The number of nitrogens with two attached hydrogens (primary N) is 1. The second-order valence-electron chi connectivity index (χ2n) is 5.06. The van der Waals surface area contributed by atoms with Crippen molar-refractivity contribution in [3.05, 3.63) is 45.7 Å². The molecule has 19 heavy (non-hydrogen) atoms. The molecule has 102 valence electrons. The van der Waals surface area contributed by atoms with E-state index in [-0.39, 0.29) is 11.9 Å². The molecule has 1 heterocycles. The number of aromatic nitrogens is 2. The lowest BCUT2D eigenvalue weighted by Gasteiger charge is -2.14. The molecule has 3 nitrogen and oxygen atoms in total. The first-order valence-electron chi connectivity index (χ1n) is 6.31. The van der Waals surface area contributed by atoms with E-state index in [1.54, 1.807) is 6.07 Å². The zero-order valence-electron chi connectivity index (χ0n) is 11.4. The van der Waals surface area contributed by atoms with Crippen molar-refractivity contribution in [2.75, 3.05) is 0 Å². The van der Waals surface area contributed by atoms with Crippen LogP contribution in [0.25, 0.3) is 0 Å². The van der Waals surface area contributed by atoms with Crippen molar-refractivity contribution in [3.63, 3.8) is 0 Å². The van der Waals surface area contributed by atoms with Gasteiger partial charge in [-0.25, -0.2) is 4.39 Å². The number of aryl methyl sites for hydroxylation is 1. The molecule has 0 amide bonds. The Bertz CT molecular complexity index is 566. The molecule has 0 bridgehead atoms. The van der Waals surface area contributed by atoms with Crippen molar-refractivity contribution in [2.24, 2.45) is 5.73 Å². The summed E-state index contributed by atoms with van der Waals surface area (Å²) in [6, 6.07) is 4.68. The number of hydrogen-bond donors (Lipinski definition) is 1. The highest BCUT2D eigenvalue weighted by Gasteiger charge is 2.19. The molecule has 0 fully saturated rings. The van der Waals surface area contributed by atoms with Crippen LogP contribution in [-0.4, -0.2) is 9.59 Å². The normalized spacial score (nSPS) is 12.9. The van der Waals surface area contributed by atoms with Gasteiger partial charge in [0, 0.05) is 6.04 Å². The summed E-state index contributed by atoms with van der Waals surface area (Å²) in [7, 11) is 0. The van der Waals surface area contributed by atoms with Gasteiger partial charge >= 0.3 is 0 Å². The number of hydrogen-bond acceptors (Lipinski definition) is 4. The first-order chi connectivity index (χ1) is 8.99. The zero-order valence-corrected chi connectivity index (χ0v) is 12.2. The van der Waals surface area contributed by atoms with Gasteiger partial charge in [-0.1, -0.05) is 24.4 Å². The minimum absolute atomic E-state index is 0.137. The molecule has 1 aromatic carbocycles. The predicted octanol–water partition coefficient (Wildman–Crippen LogP) is 3.35. The van der Waals surface area contributed by atoms with Gasteiger partial charge in [-0.05, 0) is 54.1 Å². The Morgan fingerprint density at radius 1 is 1.37 bits per heavy atom. The molecule has 2 rings (SSSR count). The average Bonchev–Trinajstić information content (AvgIpc) is 2.82. The van der Waals surface area contributed by atoms with Crippen LogP contribution >= 0.6 is 11.5 Å². The Balaban J connectivity index is 2.21. The lowest BCUT2D eigenvalue weighted by Crippen LogP contribution is -2.15. The van der Waals surface area contributed by atoms with E-state index in [0.29, 0.717) is 12.3 Å². The summed E-state index contributed by atoms with van der Waals surface area (Å²) in [5.41, 5.74) is 9.22. The SMILES string of the molecule is Cc1cc(F)ccc1CC(N)c1snnc1C(C)C. The van der Waals surface area contributed by atoms with Crippen LogP contribution < -0.4 is 5.73 Å². The smallest absolute Gasteiger partial charge is 0.123 e. The van der Waals surface area contributed by atoms with Gasteiger partial charge in [0.2, 0.25) is 0 Å². The van der Waals surface area contributed by atoms with Crippen LogP contribution in [0.2, 0.25) is 0 Å². The Hall–Kier alpha value is -1.33. The Labute approximate surface area is 116 Å². The summed E-state index contributed by atoms with van der Waals surface area (Å²) in [6.07, 6.45) is 0.676. The molecule has 0 spiro atoms. The quantitative estimate of drug-likeness (QED) is 0.933. The van der Waals surface area contributed by atoms with Gasteiger partial charge in [0.15, 0.2) is 0 Å². The van der Waals surface area contributed by atoms with Crippen molar-refractivity contribution >= 4 is 11.5 Å². The average molecular weight is 279 g/mol. The van der Waals surface area contributed by atoms with Gasteiger partial charge in [0.1, 0.15) is 5.82 Å². The molecular formula is C14H18FN3S. The van der Waals surface area contributed by atoms with Crippen molar-refractivity contribution < 1.29 is 4.39 Å². The highest BCUT2D eigenvalue weighted by Crippen LogP contribution is 2.27. The number of nitrogens with zero attached hydrogens (tertiary/aromatic N) is 2. The van der Waals surface area contributed by atoms with Gasteiger partial charge < -0.3 is 5.73 Å². The molecule has 5 heteroatoms. The maximum absolute atomic E-state index is 13.1. The first-order valence-corrected chi connectivity index (χ1v) is 7.09. The van der Waals surface area contributed by atoms with E-state index in [1.165, 1.54) is 23.7 Å². The van der Waals surface area contributed by atoms with Crippen LogP contribution in [0.4, 0.5) is 4.39 Å². The fraction of sp³-hybridized carbons (Fsp3) is 0.429. The van der Waals surface area contributed by atoms with Crippen molar-refractivity contribution in [2.45, 2.75) is 39.2 Å². The van der Waals surface area contributed by atoms with E-state index in [0.717, 1.165) is 21.7 Å². The first kappa shape index (κ1) is 14.1. The van der Waals surface area contributed by atoms with Gasteiger partial charge in [-0.2, -0.15) is 0 Å². The fourth-order valence-corrected chi connectivity index (χ4v) is 2.89. The lowest BCUT2D eigenvalue weighted by atomic mass is 9.98. The van der Waals surface area contributed by atoms with Crippen LogP contribution in [0, 0.1) is 12.7 Å². The van der Waals surface area contributed by atoms with Crippen molar-refractivity contribution in [3.8, 4) is 0 Å². The lowest BCUT2D eigenvalue weighted by molar-refractivity contribution is 0.623. The van der Waals surface area contributed by atoms with E-state index < -0.39 is 0 Å².